The molecule has 0 saturated carbocycles. The van der Waals surface area contributed by atoms with Crippen molar-refractivity contribution in [3.8, 4) is 5.69 Å². The molecule has 1 unspecified atom stereocenters. The first-order valence-electron chi connectivity index (χ1n) is 10.1. The number of aromatic nitrogens is 4. The van der Waals surface area contributed by atoms with Crippen LogP contribution in [0.25, 0.3) is 16.7 Å². The predicted octanol–water partition coefficient (Wildman–Crippen LogP) is 3.87. The maximum absolute atomic E-state index is 13.2. The van der Waals surface area contributed by atoms with E-state index in [2.05, 4.69) is 10.4 Å². The van der Waals surface area contributed by atoms with E-state index in [0.717, 1.165) is 22.5 Å². The minimum Gasteiger partial charge on any atom is -0.326 e. The van der Waals surface area contributed by atoms with Crippen molar-refractivity contribution in [1.82, 2.24) is 19.3 Å². The lowest BCUT2D eigenvalue weighted by atomic mass is 10.1. The molecule has 2 aromatic heterocycles. The molecule has 0 fully saturated rings. The second kappa shape index (κ2) is 7.70. The summed E-state index contributed by atoms with van der Waals surface area (Å²) in [6.07, 6.45) is 1.77. The largest absolute Gasteiger partial charge is 0.326 e. The Morgan fingerprint density at radius 1 is 1.16 bits per heavy atom. The van der Waals surface area contributed by atoms with E-state index in [1.54, 1.807) is 15.4 Å². The van der Waals surface area contributed by atoms with Crippen LogP contribution in [0.1, 0.15) is 23.6 Å². The van der Waals surface area contributed by atoms with Crippen LogP contribution in [0.4, 0.5) is 5.69 Å². The van der Waals surface area contributed by atoms with Crippen LogP contribution in [0.2, 0.25) is 0 Å². The second-order valence-corrected chi connectivity index (χ2v) is 8.65. The number of benzene rings is 2. The lowest BCUT2D eigenvalue weighted by molar-refractivity contribution is -0.116. The van der Waals surface area contributed by atoms with Gasteiger partial charge in [-0.25, -0.2) is 9.67 Å². The Morgan fingerprint density at radius 3 is 2.77 bits per heavy atom. The number of aryl methyl sites for hydroxylation is 1. The molecule has 0 aliphatic carbocycles. The molecule has 1 aliphatic rings. The average molecular weight is 432 g/mol. The molecule has 1 atom stereocenters. The van der Waals surface area contributed by atoms with Gasteiger partial charge in [-0.05, 0) is 43.2 Å². The van der Waals surface area contributed by atoms with Crippen LogP contribution in [0.5, 0.6) is 0 Å². The van der Waals surface area contributed by atoms with Gasteiger partial charge in [0.1, 0.15) is 5.39 Å². The zero-order valence-electron chi connectivity index (χ0n) is 17.2. The molecule has 1 aliphatic heterocycles. The van der Waals surface area contributed by atoms with E-state index in [9.17, 15) is 9.59 Å². The Balaban J connectivity index is 1.45. The molecule has 1 N–H and O–H groups in total. The van der Waals surface area contributed by atoms with Crippen LogP contribution >= 0.6 is 11.8 Å². The van der Waals surface area contributed by atoms with E-state index in [-0.39, 0.29) is 23.9 Å². The molecule has 0 radical (unpaired) electrons. The van der Waals surface area contributed by atoms with Crippen molar-refractivity contribution in [2.75, 3.05) is 11.1 Å². The van der Waals surface area contributed by atoms with Gasteiger partial charge in [-0.15, -0.1) is 0 Å². The van der Waals surface area contributed by atoms with Gasteiger partial charge < -0.3 is 5.32 Å². The molecule has 0 spiro atoms. The standard InChI is InChI=1S/C23H21N5O2S/c1-14-7-6-10-19(15(14)2)25-20(29)11-17-13-31-23-26-21-18(22(30)27(17)23)12-24-28(21)16-8-4-3-5-9-16/h3-10,12,17H,11,13H2,1-2H3,(H,25,29). The van der Waals surface area contributed by atoms with Gasteiger partial charge in [0.05, 0.1) is 17.9 Å². The molecular formula is C23H21N5O2S. The number of hydrogen-bond donors (Lipinski definition) is 1. The van der Waals surface area contributed by atoms with Gasteiger partial charge >= 0.3 is 0 Å². The molecule has 3 heterocycles. The summed E-state index contributed by atoms with van der Waals surface area (Å²) in [5, 5.41) is 8.45. The first-order valence-corrected chi connectivity index (χ1v) is 11.1. The Morgan fingerprint density at radius 2 is 1.97 bits per heavy atom. The SMILES string of the molecule is Cc1cccc(NC(=O)CC2CSc3nc4c(cnn4-c4ccccc4)c(=O)n32)c1C. The molecule has 2 aromatic carbocycles. The topological polar surface area (TPSA) is 81.8 Å². The molecular weight excluding hydrogens is 410 g/mol. The Hall–Kier alpha value is -3.39. The summed E-state index contributed by atoms with van der Waals surface area (Å²) in [6, 6.07) is 15.2. The average Bonchev–Trinajstić information content (AvgIpc) is 3.37. The van der Waals surface area contributed by atoms with Crippen LogP contribution < -0.4 is 10.9 Å². The van der Waals surface area contributed by atoms with Crippen LogP contribution in [0.15, 0.2) is 64.7 Å². The van der Waals surface area contributed by atoms with Crippen LogP contribution in [0.3, 0.4) is 0 Å². The molecule has 5 rings (SSSR count). The summed E-state index contributed by atoms with van der Waals surface area (Å²) < 4.78 is 3.32. The highest BCUT2D eigenvalue weighted by Crippen LogP contribution is 2.33. The van der Waals surface area contributed by atoms with Gasteiger partial charge in [0.15, 0.2) is 10.8 Å². The van der Waals surface area contributed by atoms with Crippen molar-refractivity contribution in [3.05, 3.63) is 76.2 Å². The van der Waals surface area contributed by atoms with E-state index in [1.807, 2.05) is 62.4 Å². The number of carbonyl (C=O) groups excluding carboxylic acids is 1. The monoisotopic (exact) mass is 431 g/mol. The van der Waals surface area contributed by atoms with Gasteiger partial charge in [0.2, 0.25) is 5.91 Å². The second-order valence-electron chi connectivity index (χ2n) is 7.66. The summed E-state index contributed by atoms with van der Waals surface area (Å²) in [4.78, 5) is 30.7. The van der Waals surface area contributed by atoms with Crippen molar-refractivity contribution < 1.29 is 4.79 Å². The Kier molecular flexibility index (Phi) is 4.86. The molecule has 1 amide bonds. The van der Waals surface area contributed by atoms with E-state index in [4.69, 9.17) is 4.98 Å². The molecule has 7 nitrogen and oxygen atoms in total. The normalized spacial score (nSPS) is 15.2. The minimum absolute atomic E-state index is 0.112. The first-order chi connectivity index (χ1) is 15.0. The quantitative estimate of drug-likeness (QED) is 0.496. The minimum atomic E-state index is -0.241. The summed E-state index contributed by atoms with van der Waals surface area (Å²) in [5.74, 6) is 0.521. The van der Waals surface area contributed by atoms with Crippen molar-refractivity contribution in [3.63, 3.8) is 0 Å². The fraction of sp³-hybridized carbons (Fsp3) is 0.217. The van der Waals surface area contributed by atoms with Crippen molar-refractivity contribution in [1.29, 1.82) is 0 Å². The smallest absolute Gasteiger partial charge is 0.265 e. The van der Waals surface area contributed by atoms with Crippen molar-refractivity contribution in [2.45, 2.75) is 31.5 Å². The van der Waals surface area contributed by atoms with Gasteiger partial charge in [0, 0.05) is 17.9 Å². The lowest BCUT2D eigenvalue weighted by Crippen LogP contribution is -2.28. The first kappa shape index (κ1) is 19.6. The number of nitrogens with one attached hydrogen (secondary N) is 1. The number of thioether (sulfide) groups is 1. The van der Waals surface area contributed by atoms with Gasteiger partial charge in [-0.3, -0.25) is 14.2 Å². The number of fused-ring (bicyclic) bond motifs is 2. The molecule has 31 heavy (non-hydrogen) atoms. The maximum atomic E-state index is 13.2. The van der Waals surface area contributed by atoms with Crippen LogP contribution in [0, 0.1) is 13.8 Å². The molecule has 8 heteroatoms. The zero-order valence-corrected chi connectivity index (χ0v) is 18.0. The lowest BCUT2D eigenvalue weighted by Gasteiger charge is -2.15. The number of carbonyl (C=O) groups is 1. The number of amides is 1. The van der Waals surface area contributed by atoms with Crippen molar-refractivity contribution >= 4 is 34.4 Å². The fourth-order valence-electron chi connectivity index (χ4n) is 3.84. The number of anilines is 1. The number of rotatable bonds is 4. The van der Waals surface area contributed by atoms with Gasteiger partial charge in [-0.1, -0.05) is 42.1 Å². The van der Waals surface area contributed by atoms with Gasteiger partial charge in [0.25, 0.3) is 5.56 Å². The summed E-state index contributed by atoms with van der Waals surface area (Å²) in [5.41, 5.74) is 4.21. The van der Waals surface area contributed by atoms with Crippen LogP contribution in [-0.4, -0.2) is 31.0 Å². The predicted molar refractivity (Wildman–Crippen MR) is 122 cm³/mol. The highest BCUT2D eigenvalue weighted by atomic mass is 32.2. The van der Waals surface area contributed by atoms with Crippen molar-refractivity contribution in [2.24, 2.45) is 0 Å². The summed E-state index contributed by atoms with van der Waals surface area (Å²) in [7, 11) is 0. The highest BCUT2D eigenvalue weighted by Gasteiger charge is 2.29. The van der Waals surface area contributed by atoms with E-state index < -0.39 is 0 Å². The number of nitrogens with zero attached hydrogens (tertiary/aromatic N) is 4. The Bertz CT molecular complexity index is 1360. The summed E-state index contributed by atoms with van der Waals surface area (Å²) >= 11 is 1.50. The highest BCUT2D eigenvalue weighted by molar-refractivity contribution is 7.99. The fourth-order valence-corrected chi connectivity index (χ4v) is 4.97. The third-order valence-electron chi connectivity index (χ3n) is 5.67. The van der Waals surface area contributed by atoms with E-state index >= 15 is 0 Å². The van der Waals surface area contributed by atoms with Gasteiger partial charge in [-0.2, -0.15) is 5.10 Å². The maximum Gasteiger partial charge on any atom is 0.265 e. The Labute approximate surface area is 183 Å². The molecule has 4 aromatic rings. The third-order valence-corrected chi connectivity index (χ3v) is 6.77. The molecule has 0 saturated heterocycles. The molecule has 0 bridgehead atoms. The number of para-hydroxylation sites is 1. The molecule has 156 valence electrons. The van der Waals surface area contributed by atoms with E-state index in [0.29, 0.717) is 21.9 Å². The van der Waals surface area contributed by atoms with E-state index in [1.165, 1.54) is 11.8 Å². The number of hydrogen-bond acceptors (Lipinski definition) is 5. The van der Waals surface area contributed by atoms with Crippen LogP contribution in [-0.2, 0) is 4.79 Å². The summed E-state index contributed by atoms with van der Waals surface area (Å²) in [6.45, 7) is 4.00. The third kappa shape index (κ3) is 3.42. The zero-order chi connectivity index (χ0) is 21.5.